The van der Waals surface area contributed by atoms with Crippen molar-refractivity contribution in [2.45, 2.75) is 25.5 Å². The molecule has 1 rings (SSSR count). The highest BCUT2D eigenvalue weighted by Gasteiger charge is 2.22. The summed E-state index contributed by atoms with van der Waals surface area (Å²) in [5.74, 6) is -2.01. The van der Waals surface area contributed by atoms with E-state index in [0.717, 1.165) is 5.56 Å². The van der Waals surface area contributed by atoms with Gasteiger partial charge in [0.05, 0.1) is 5.92 Å². The van der Waals surface area contributed by atoms with E-state index in [-0.39, 0.29) is 18.9 Å². The number of aliphatic hydroxyl groups is 1. The van der Waals surface area contributed by atoms with Gasteiger partial charge in [0.25, 0.3) is 0 Å². The van der Waals surface area contributed by atoms with Crippen LogP contribution < -0.4 is 11.1 Å². The fraction of sp³-hybridized carbons (Fsp3) is 0.429. The lowest BCUT2D eigenvalue weighted by Gasteiger charge is -2.20. The molecule has 0 aliphatic rings. The van der Waals surface area contributed by atoms with E-state index in [1.165, 1.54) is 0 Å². The van der Waals surface area contributed by atoms with Gasteiger partial charge in [-0.05, 0) is 5.56 Å². The van der Waals surface area contributed by atoms with Gasteiger partial charge in [-0.1, -0.05) is 37.3 Å². The van der Waals surface area contributed by atoms with Crippen LogP contribution >= 0.6 is 0 Å². The average molecular weight is 280 g/mol. The Labute approximate surface area is 117 Å². The third-order valence-corrected chi connectivity index (χ3v) is 3.14. The first-order valence-corrected chi connectivity index (χ1v) is 6.42. The van der Waals surface area contributed by atoms with Crippen molar-refractivity contribution in [3.8, 4) is 0 Å². The minimum absolute atomic E-state index is 0.0334. The Hall–Kier alpha value is -1.92. The van der Waals surface area contributed by atoms with E-state index in [4.69, 9.17) is 15.9 Å². The number of nitrogens with one attached hydrogen (secondary N) is 1. The molecule has 1 aromatic rings. The summed E-state index contributed by atoms with van der Waals surface area (Å²) >= 11 is 0. The smallest absolute Gasteiger partial charge is 0.332 e. The van der Waals surface area contributed by atoms with Gasteiger partial charge in [-0.2, -0.15) is 0 Å². The molecule has 0 aliphatic heterocycles. The van der Waals surface area contributed by atoms with Crippen LogP contribution in [0.1, 0.15) is 24.9 Å². The first-order chi connectivity index (χ1) is 9.43. The number of benzene rings is 1. The number of nitrogens with two attached hydrogens (primary N) is 1. The topological polar surface area (TPSA) is 113 Å². The SMILES string of the molecule is CC(C(=O)NCC[C@H](O)C(=O)O)C(N)c1ccccc1. The van der Waals surface area contributed by atoms with Gasteiger partial charge in [-0.25, -0.2) is 4.79 Å². The third-order valence-electron chi connectivity index (χ3n) is 3.14. The van der Waals surface area contributed by atoms with Crippen LogP contribution in [0.25, 0.3) is 0 Å². The van der Waals surface area contributed by atoms with Crippen molar-refractivity contribution in [3.05, 3.63) is 35.9 Å². The largest absolute Gasteiger partial charge is 0.479 e. The summed E-state index contributed by atoms with van der Waals surface area (Å²) in [5.41, 5.74) is 6.88. The number of carboxylic acids is 1. The zero-order valence-corrected chi connectivity index (χ0v) is 11.3. The predicted octanol–water partition coefficient (Wildman–Crippen LogP) is 0.274. The predicted molar refractivity (Wildman–Crippen MR) is 73.8 cm³/mol. The van der Waals surface area contributed by atoms with Crippen LogP contribution in [0.3, 0.4) is 0 Å². The fourth-order valence-electron chi connectivity index (χ4n) is 1.74. The van der Waals surface area contributed by atoms with Crippen molar-refractivity contribution in [2.24, 2.45) is 11.7 Å². The molecular formula is C14H20N2O4. The molecular weight excluding hydrogens is 260 g/mol. The van der Waals surface area contributed by atoms with E-state index < -0.39 is 24.0 Å². The van der Waals surface area contributed by atoms with E-state index >= 15 is 0 Å². The highest BCUT2D eigenvalue weighted by atomic mass is 16.4. The van der Waals surface area contributed by atoms with Gasteiger partial charge in [0, 0.05) is 19.0 Å². The van der Waals surface area contributed by atoms with Gasteiger partial charge < -0.3 is 21.3 Å². The van der Waals surface area contributed by atoms with Gasteiger partial charge in [0.2, 0.25) is 5.91 Å². The maximum Gasteiger partial charge on any atom is 0.332 e. The lowest BCUT2D eigenvalue weighted by molar-refractivity contribution is -0.147. The van der Waals surface area contributed by atoms with Crippen LogP contribution in [0.4, 0.5) is 0 Å². The highest BCUT2D eigenvalue weighted by molar-refractivity contribution is 5.79. The number of rotatable bonds is 7. The summed E-state index contributed by atoms with van der Waals surface area (Å²) in [6.07, 6.45) is -1.50. The molecule has 5 N–H and O–H groups in total. The van der Waals surface area contributed by atoms with Gasteiger partial charge >= 0.3 is 5.97 Å². The molecule has 110 valence electrons. The first kappa shape index (κ1) is 16.1. The number of amides is 1. The van der Waals surface area contributed by atoms with E-state index in [1.807, 2.05) is 30.3 Å². The Morgan fingerprint density at radius 1 is 1.30 bits per heavy atom. The van der Waals surface area contributed by atoms with E-state index in [0.29, 0.717) is 0 Å². The molecule has 0 heterocycles. The zero-order chi connectivity index (χ0) is 15.1. The maximum atomic E-state index is 11.9. The van der Waals surface area contributed by atoms with Gasteiger partial charge in [0.15, 0.2) is 6.10 Å². The minimum atomic E-state index is -1.46. The summed E-state index contributed by atoms with van der Waals surface area (Å²) in [6.45, 7) is 1.80. The van der Waals surface area contributed by atoms with E-state index in [2.05, 4.69) is 5.32 Å². The number of hydrogen-bond acceptors (Lipinski definition) is 4. The Balaban J connectivity index is 2.45. The van der Waals surface area contributed by atoms with Crippen molar-refractivity contribution in [1.82, 2.24) is 5.32 Å². The number of carbonyl (C=O) groups is 2. The molecule has 0 radical (unpaired) electrons. The lowest BCUT2D eigenvalue weighted by Crippen LogP contribution is -2.37. The molecule has 0 saturated heterocycles. The molecule has 0 spiro atoms. The number of carboxylic acid groups (broad SMARTS) is 1. The van der Waals surface area contributed by atoms with Crippen molar-refractivity contribution in [2.75, 3.05) is 6.54 Å². The van der Waals surface area contributed by atoms with Crippen LogP contribution in [-0.4, -0.2) is 34.7 Å². The normalized spacial score (nSPS) is 15.2. The standard InChI is InChI=1S/C14H20N2O4/c1-9(12(15)10-5-3-2-4-6-10)13(18)16-8-7-11(17)14(19)20/h2-6,9,11-12,17H,7-8,15H2,1H3,(H,16,18)(H,19,20)/t9?,11-,12?/m0/s1. The van der Waals surface area contributed by atoms with Gasteiger partial charge in [-0.3, -0.25) is 4.79 Å². The number of hydrogen-bond donors (Lipinski definition) is 4. The highest BCUT2D eigenvalue weighted by Crippen LogP contribution is 2.18. The van der Waals surface area contributed by atoms with Crippen LogP contribution in [0.15, 0.2) is 30.3 Å². The summed E-state index contributed by atoms with van der Waals surface area (Å²) in [6, 6.07) is 8.84. The Kier molecular flexibility index (Phi) is 6.14. The van der Waals surface area contributed by atoms with Crippen LogP contribution in [-0.2, 0) is 9.59 Å². The molecule has 3 atom stereocenters. The monoisotopic (exact) mass is 280 g/mol. The third kappa shape index (κ3) is 4.64. The molecule has 2 unspecified atom stereocenters. The van der Waals surface area contributed by atoms with E-state index in [1.54, 1.807) is 6.92 Å². The fourth-order valence-corrected chi connectivity index (χ4v) is 1.74. The van der Waals surface area contributed by atoms with E-state index in [9.17, 15) is 9.59 Å². The summed E-state index contributed by atoms with van der Waals surface area (Å²) < 4.78 is 0. The summed E-state index contributed by atoms with van der Waals surface area (Å²) in [5, 5.41) is 20.2. The number of aliphatic hydroxyl groups excluding tert-OH is 1. The molecule has 0 saturated carbocycles. The van der Waals surface area contributed by atoms with Gasteiger partial charge in [0.1, 0.15) is 0 Å². The maximum absolute atomic E-state index is 11.9. The molecule has 6 heteroatoms. The Morgan fingerprint density at radius 3 is 2.45 bits per heavy atom. The number of carbonyl (C=O) groups excluding carboxylic acids is 1. The Morgan fingerprint density at radius 2 is 1.90 bits per heavy atom. The zero-order valence-electron chi connectivity index (χ0n) is 11.3. The van der Waals surface area contributed by atoms with Crippen LogP contribution in [0.2, 0.25) is 0 Å². The summed E-state index contributed by atoms with van der Waals surface area (Å²) in [4.78, 5) is 22.3. The number of aliphatic carboxylic acids is 1. The Bertz CT molecular complexity index is 450. The molecule has 1 aromatic carbocycles. The molecule has 20 heavy (non-hydrogen) atoms. The second-order valence-electron chi connectivity index (χ2n) is 4.66. The average Bonchev–Trinajstić information content (AvgIpc) is 2.46. The molecule has 0 fully saturated rings. The van der Waals surface area contributed by atoms with Crippen molar-refractivity contribution >= 4 is 11.9 Å². The van der Waals surface area contributed by atoms with Gasteiger partial charge in [-0.15, -0.1) is 0 Å². The van der Waals surface area contributed by atoms with Crippen molar-refractivity contribution in [3.63, 3.8) is 0 Å². The minimum Gasteiger partial charge on any atom is -0.479 e. The second-order valence-corrected chi connectivity index (χ2v) is 4.66. The molecule has 6 nitrogen and oxygen atoms in total. The van der Waals surface area contributed by atoms with Crippen LogP contribution in [0, 0.1) is 5.92 Å². The van der Waals surface area contributed by atoms with Crippen molar-refractivity contribution in [1.29, 1.82) is 0 Å². The molecule has 1 amide bonds. The van der Waals surface area contributed by atoms with Crippen molar-refractivity contribution < 1.29 is 19.8 Å². The van der Waals surface area contributed by atoms with Crippen LogP contribution in [0.5, 0.6) is 0 Å². The summed E-state index contributed by atoms with van der Waals surface area (Å²) in [7, 11) is 0. The molecule has 0 bridgehead atoms. The lowest BCUT2D eigenvalue weighted by atomic mass is 9.94. The first-order valence-electron chi connectivity index (χ1n) is 6.42. The molecule has 0 aliphatic carbocycles. The molecule has 0 aromatic heterocycles. The quantitative estimate of drug-likeness (QED) is 0.573. The second kappa shape index (κ2) is 7.62.